The lowest BCUT2D eigenvalue weighted by Gasteiger charge is -2.36. The van der Waals surface area contributed by atoms with E-state index in [2.05, 4.69) is 9.40 Å². The van der Waals surface area contributed by atoms with Crippen LogP contribution in [0, 0.1) is 0 Å². The number of carbonyl (C=O) groups is 1. The normalized spacial score (nSPS) is 15.6. The van der Waals surface area contributed by atoms with E-state index in [1.54, 1.807) is 0 Å². The first-order chi connectivity index (χ1) is 15.7. The smallest absolute Gasteiger partial charge is 0.381 e. The van der Waals surface area contributed by atoms with Crippen LogP contribution < -0.4 is 16.2 Å². The number of nitrogens with zero attached hydrogens (tertiary/aromatic N) is 4. The molecule has 1 unspecified atom stereocenters. The summed E-state index contributed by atoms with van der Waals surface area (Å²) in [6.07, 6.45) is -2.39. The minimum absolute atomic E-state index is 0.0699. The fourth-order valence-electron chi connectivity index (χ4n) is 3.11. The number of amides is 1. The highest BCUT2D eigenvalue weighted by molar-refractivity contribution is 7.98. The molecule has 1 aromatic rings. The molecule has 190 valence electrons. The molecule has 1 aliphatic rings. The van der Waals surface area contributed by atoms with Crippen molar-refractivity contribution in [3.8, 4) is 0 Å². The summed E-state index contributed by atoms with van der Waals surface area (Å²) in [7, 11) is 0. The van der Waals surface area contributed by atoms with Crippen molar-refractivity contribution >= 4 is 23.5 Å². The van der Waals surface area contributed by atoms with Gasteiger partial charge in [-0.1, -0.05) is 32.7 Å². The lowest BCUT2D eigenvalue weighted by atomic mass is 10.3. The molecule has 0 radical (unpaired) electrons. The van der Waals surface area contributed by atoms with Crippen molar-refractivity contribution in [3.05, 3.63) is 22.6 Å². The summed E-state index contributed by atoms with van der Waals surface area (Å²) >= 11 is 1.42. The SMILES string of the molecule is CC.CCCOCCC(SN1CCN(c2cnn(CCCC(F)(F)F)c(=O)c2)CC1)C(N)=O. The fraction of sp³-hybridized carbons (Fsp3) is 0.762. The Balaban J connectivity index is 0.00000265. The number of ether oxygens (including phenoxy) is 1. The van der Waals surface area contributed by atoms with Gasteiger partial charge in [-0.3, -0.25) is 9.59 Å². The highest BCUT2D eigenvalue weighted by Crippen LogP contribution is 2.24. The molecule has 1 saturated heterocycles. The fourth-order valence-corrected chi connectivity index (χ4v) is 4.15. The number of aryl methyl sites for hydroxylation is 1. The number of hydrogen-bond donors (Lipinski definition) is 1. The van der Waals surface area contributed by atoms with Crippen molar-refractivity contribution in [2.24, 2.45) is 5.73 Å². The lowest BCUT2D eigenvalue weighted by Crippen LogP contribution is -2.45. The quantitative estimate of drug-likeness (QED) is 0.352. The van der Waals surface area contributed by atoms with Gasteiger partial charge in [0.25, 0.3) is 5.56 Å². The van der Waals surface area contributed by atoms with E-state index in [4.69, 9.17) is 10.5 Å². The van der Waals surface area contributed by atoms with Crippen molar-refractivity contribution < 1.29 is 22.7 Å². The monoisotopic (exact) mass is 495 g/mol. The lowest BCUT2D eigenvalue weighted by molar-refractivity contribution is -0.136. The second-order valence-corrected chi connectivity index (χ2v) is 8.60. The molecule has 1 atom stereocenters. The number of halogens is 3. The van der Waals surface area contributed by atoms with Crippen LogP contribution in [0.25, 0.3) is 0 Å². The molecule has 1 fully saturated rings. The summed E-state index contributed by atoms with van der Waals surface area (Å²) in [6.45, 7) is 9.68. The molecule has 1 aliphatic heterocycles. The summed E-state index contributed by atoms with van der Waals surface area (Å²) in [6, 6.07) is 1.40. The number of nitrogens with two attached hydrogens (primary N) is 1. The largest absolute Gasteiger partial charge is 0.389 e. The van der Waals surface area contributed by atoms with Crippen LogP contribution in [0.2, 0.25) is 0 Å². The maximum absolute atomic E-state index is 12.3. The van der Waals surface area contributed by atoms with Gasteiger partial charge in [-0.15, -0.1) is 0 Å². The van der Waals surface area contributed by atoms with Crippen LogP contribution in [-0.2, 0) is 16.1 Å². The van der Waals surface area contributed by atoms with Gasteiger partial charge in [-0.05, 0) is 19.3 Å². The van der Waals surface area contributed by atoms with Gasteiger partial charge in [0, 0.05) is 58.4 Å². The predicted octanol–water partition coefficient (Wildman–Crippen LogP) is 3.05. The second-order valence-electron chi connectivity index (χ2n) is 7.31. The van der Waals surface area contributed by atoms with Gasteiger partial charge in [0.05, 0.1) is 11.9 Å². The van der Waals surface area contributed by atoms with Gasteiger partial charge in [-0.2, -0.15) is 18.3 Å². The van der Waals surface area contributed by atoms with Crippen LogP contribution >= 0.6 is 11.9 Å². The molecule has 0 spiro atoms. The third kappa shape index (κ3) is 11.3. The van der Waals surface area contributed by atoms with Gasteiger partial charge >= 0.3 is 6.18 Å². The van der Waals surface area contributed by atoms with Crippen LogP contribution in [0.3, 0.4) is 0 Å². The molecule has 2 rings (SSSR count). The van der Waals surface area contributed by atoms with Crippen molar-refractivity contribution in [2.45, 2.75) is 64.4 Å². The highest BCUT2D eigenvalue weighted by Gasteiger charge is 2.27. The van der Waals surface area contributed by atoms with Gasteiger partial charge in [-0.25, -0.2) is 8.99 Å². The molecule has 12 heteroatoms. The number of hydrogen-bond acceptors (Lipinski definition) is 7. The molecule has 1 aromatic heterocycles. The summed E-state index contributed by atoms with van der Waals surface area (Å²) in [4.78, 5) is 25.9. The second kappa shape index (κ2) is 15.2. The predicted molar refractivity (Wildman–Crippen MR) is 125 cm³/mol. The van der Waals surface area contributed by atoms with Crippen LogP contribution in [0.5, 0.6) is 0 Å². The minimum atomic E-state index is -4.24. The number of piperazine rings is 1. The topological polar surface area (TPSA) is 93.7 Å². The van der Waals surface area contributed by atoms with Crippen LogP contribution in [-0.4, -0.2) is 70.8 Å². The molecular weight excluding hydrogens is 459 g/mol. The average Bonchev–Trinajstić information content (AvgIpc) is 2.78. The zero-order valence-electron chi connectivity index (χ0n) is 19.6. The van der Waals surface area contributed by atoms with Gasteiger partial charge in [0.2, 0.25) is 5.91 Å². The van der Waals surface area contributed by atoms with Crippen molar-refractivity contribution in [3.63, 3.8) is 0 Å². The molecule has 0 aliphatic carbocycles. The first-order valence-electron chi connectivity index (χ1n) is 11.4. The van der Waals surface area contributed by atoms with E-state index in [-0.39, 0.29) is 24.1 Å². The number of rotatable bonds is 12. The van der Waals surface area contributed by atoms with Crippen molar-refractivity contribution in [1.29, 1.82) is 0 Å². The zero-order chi connectivity index (χ0) is 24.9. The van der Waals surface area contributed by atoms with E-state index in [1.807, 2.05) is 25.7 Å². The number of primary amides is 1. The highest BCUT2D eigenvalue weighted by atomic mass is 32.2. The molecule has 2 N–H and O–H groups in total. The maximum atomic E-state index is 12.3. The Morgan fingerprint density at radius 1 is 1.24 bits per heavy atom. The molecule has 33 heavy (non-hydrogen) atoms. The molecule has 2 heterocycles. The number of carbonyl (C=O) groups excluding carboxylic acids is 1. The van der Waals surface area contributed by atoms with Crippen molar-refractivity contribution in [1.82, 2.24) is 14.1 Å². The van der Waals surface area contributed by atoms with E-state index in [9.17, 15) is 22.8 Å². The van der Waals surface area contributed by atoms with E-state index in [0.717, 1.165) is 11.1 Å². The van der Waals surface area contributed by atoms with Gasteiger partial charge in [0.1, 0.15) is 5.25 Å². The van der Waals surface area contributed by atoms with E-state index in [1.165, 1.54) is 24.2 Å². The molecule has 0 aromatic carbocycles. The Bertz CT molecular complexity index is 755. The average molecular weight is 496 g/mol. The van der Waals surface area contributed by atoms with Crippen LogP contribution in [0.1, 0.15) is 46.5 Å². The number of aromatic nitrogens is 2. The molecule has 0 bridgehead atoms. The molecule has 8 nitrogen and oxygen atoms in total. The summed E-state index contributed by atoms with van der Waals surface area (Å²) in [5.74, 6) is -0.370. The Morgan fingerprint density at radius 3 is 2.45 bits per heavy atom. The molecule has 0 saturated carbocycles. The minimum Gasteiger partial charge on any atom is -0.381 e. The zero-order valence-corrected chi connectivity index (χ0v) is 20.5. The standard InChI is InChI=1S/C19H30F3N5O3S.C2H6/c1-2-11-30-12-4-16(18(23)29)31-26-9-7-25(8-10-26)15-13-17(28)27(24-14-15)6-3-5-19(20,21)22;1-2/h13-14,16H,2-12H2,1H3,(H2,23,29);1-2H3. The third-order valence-corrected chi connectivity index (χ3v) is 6.14. The van der Waals surface area contributed by atoms with Crippen LogP contribution in [0.4, 0.5) is 18.9 Å². The summed E-state index contributed by atoms with van der Waals surface area (Å²) in [5, 5.41) is 3.66. The van der Waals surface area contributed by atoms with Crippen LogP contribution in [0.15, 0.2) is 17.1 Å². The Kier molecular flexibility index (Phi) is 13.4. The first-order valence-corrected chi connectivity index (χ1v) is 12.2. The Hall–Kier alpha value is -1.79. The Labute approximate surface area is 197 Å². The van der Waals surface area contributed by atoms with E-state index < -0.39 is 18.2 Å². The summed E-state index contributed by atoms with van der Waals surface area (Å²) < 4.78 is 45.4. The van der Waals surface area contributed by atoms with E-state index in [0.29, 0.717) is 51.5 Å². The number of anilines is 1. The van der Waals surface area contributed by atoms with Gasteiger partial charge in [0.15, 0.2) is 0 Å². The van der Waals surface area contributed by atoms with Gasteiger partial charge < -0.3 is 15.4 Å². The maximum Gasteiger partial charge on any atom is 0.389 e. The molecular formula is C21H36F3N5O3S. The van der Waals surface area contributed by atoms with Crippen molar-refractivity contribution in [2.75, 3.05) is 44.3 Å². The third-order valence-electron chi connectivity index (χ3n) is 4.76. The summed E-state index contributed by atoms with van der Waals surface area (Å²) in [5.41, 5.74) is 5.74. The number of alkyl halides is 3. The van der Waals surface area contributed by atoms with E-state index >= 15 is 0 Å². The Morgan fingerprint density at radius 2 is 1.91 bits per heavy atom. The first kappa shape index (κ1) is 29.2. The molecule has 1 amide bonds.